The molecule has 0 bridgehead atoms. The summed E-state index contributed by atoms with van der Waals surface area (Å²) in [5, 5.41) is 0. The van der Waals surface area contributed by atoms with E-state index in [1.807, 2.05) is 12.1 Å². The van der Waals surface area contributed by atoms with Crippen LogP contribution in [0.25, 0.3) is 0 Å². The van der Waals surface area contributed by atoms with E-state index in [1.165, 1.54) is 5.56 Å². The van der Waals surface area contributed by atoms with E-state index < -0.39 is 0 Å². The highest BCUT2D eigenvalue weighted by Crippen LogP contribution is 2.09. The minimum Gasteiger partial charge on any atom is -0.370 e. The summed E-state index contributed by atoms with van der Waals surface area (Å²) in [6.45, 7) is 2.06. The molecule has 0 fully saturated rings. The predicted molar refractivity (Wildman–Crippen MR) is 74.1 cm³/mol. The standard InChI is InChI=1S/C12H20N6/c1-2-10(17-12(15)18-11(13)14)4-3-9-5-7-16-8-6-9/h5-8,10H,2-4H2,1H3,(H6,13,14,15,17,18). The van der Waals surface area contributed by atoms with Crippen LogP contribution in [0.15, 0.2) is 34.5 Å². The third-order valence-corrected chi connectivity index (χ3v) is 2.55. The SMILES string of the molecule is CCC(CCc1ccncc1)N=C(N)N=C(N)N. The quantitative estimate of drug-likeness (QED) is 0.516. The zero-order valence-corrected chi connectivity index (χ0v) is 10.6. The van der Waals surface area contributed by atoms with Crippen LogP contribution in [-0.2, 0) is 6.42 Å². The molecule has 0 spiro atoms. The van der Waals surface area contributed by atoms with Gasteiger partial charge in [-0.3, -0.25) is 4.98 Å². The summed E-state index contributed by atoms with van der Waals surface area (Å²) in [5.41, 5.74) is 17.3. The highest BCUT2D eigenvalue weighted by Gasteiger charge is 2.05. The van der Waals surface area contributed by atoms with Gasteiger partial charge >= 0.3 is 0 Å². The van der Waals surface area contributed by atoms with Crippen LogP contribution < -0.4 is 17.2 Å². The third kappa shape index (κ3) is 5.29. The van der Waals surface area contributed by atoms with Crippen molar-refractivity contribution in [3.8, 4) is 0 Å². The first kappa shape index (κ1) is 14.0. The molecule has 98 valence electrons. The highest BCUT2D eigenvalue weighted by molar-refractivity contribution is 5.92. The van der Waals surface area contributed by atoms with Crippen LogP contribution in [0.4, 0.5) is 0 Å². The van der Waals surface area contributed by atoms with Gasteiger partial charge < -0.3 is 17.2 Å². The van der Waals surface area contributed by atoms with Crippen molar-refractivity contribution in [2.75, 3.05) is 0 Å². The van der Waals surface area contributed by atoms with Gasteiger partial charge in [-0.25, -0.2) is 4.99 Å². The number of hydrogen-bond acceptors (Lipinski definition) is 2. The topological polar surface area (TPSA) is 116 Å². The molecule has 0 aliphatic heterocycles. The van der Waals surface area contributed by atoms with Crippen LogP contribution >= 0.6 is 0 Å². The summed E-state index contributed by atoms with van der Waals surface area (Å²) in [6.07, 6.45) is 6.30. The molecule has 0 saturated carbocycles. The molecule has 0 amide bonds. The summed E-state index contributed by atoms with van der Waals surface area (Å²) in [5.74, 6) is 0.0665. The first-order valence-electron chi connectivity index (χ1n) is 5.93. The normalized spacial score (nSPS) is 13.1. The molecule has 0 saturated heterocycles. The maximum Gasteiger partial charge on any atom is 0.218 e. The molecule has 0 aliphatic rings. The molecular weight excluding hydrogens is 228 g/mol. The zero-order valence-electron chi connectivity index (χ0n) is 10.6. The molecule has 1 unspecified atom stereocenters. The van der Waals surface area contributed by atoms with Crippen LogP contribution in [0, 0.1) is 0 Å². The van der Waals surface area contributed by atoms with Gasteiger partial charge in [0.05, 0.1) is 6.04 Å². The number of aliphatic imine (C=N–C) groups is 2. The molecule has 6 heteroatoms. The fraction of sp³-hybridized carbons (Fsp3) is 0.417. The number of nitrogens with two attached hydrogens (primary N) is 3. The Hall–Kier alpha value is -2.11. The van der Waals surface area contributed by atoms with Gasteiger partial charge in [0, 0.05) is 12.4 Å². The number of rotatable bonds is 5. The van der Waals surface area contributed by atoms with Crippen molar-refractivity contribution < 1.29 is 0 Å². The molecular formula is C12H20N6. The monoisotopic (exact) mass is 248 g/mol. The maximum atomic E-state index is 5.61. The lowest BCUT2D eigenvalue weighted by molar-refractivity contribution is 0.597. The van der Waals surface area contributed by atoms with E-state index in [9.17, 15) is 0 Å². The summed E-state index contributed by atoms with van der Waals surface area (Å²) in [6, 6.07) is 4.12. The van der Waals surface area contributed by atoms with Crippen molar-refractivity contribution >= 4 is 11.9 Å². The van der Waals surface area contributed by atoms with E-state index in [2.05, 4.69) is 21.9 Å². The van der Waals surface area contributed by atoms with Gasteiger partial charge in [0.2, 0.25) is 5.96 Å². The van der Waals surface area contributed by atoms with Gasteiger partial charge in [-0.1, -0.05) is 6.92 Å². The Morgan fingerprint density at radius 2 is 1.94 bits per heavy atom. The van der Waals surface area contributed by atoms with Crippen LogP contribution in [0.5, 0.6) is 0 Å². The van der Waals surface area contributed by atoms with Crippen molar-refractivity contribution in [3.05, 3.63) is 30.1 Å². The summed E-state index contributed by atoms with van der Waals surface area (Å²) in [7, 11) is 0. The van der Waals surface area contributed by atoms with E-state index in [1.54, 1.807) is 12.4 Å². The second-order valence-electron chi connectivity index (χ2n) is 3.98. The second kappa shape index (κ2) is 7.26. The number of aromatic nitrogens is 1. The van der Waals surface area contributed by atoms with Crippen LogP contribution in [0.2, 0.25) is 0 Å². The molecule has 1 rings (SSSR count). The number of aryl methyl sites for hydroxylation is 1. The fourth-order valence-corrected chi connectivity index (χ4v) is 1.59. The first-order chi connectivity index (χ1) is 8.61. The lowest BCUT2D eigenvalue weighted by atomic mass is 10.1. The lowest BCUT2D eigenvalue weighted by Gasteiger charge is -2.10. The average Bonchev–Trinajstić information content (AvgIpc) is 2.34. The molecule has 1 aromatic rings. The number of nitrogens with zero attached hydrogens (tertiary/aromatic N) is 3. The van der Waals surface area contributed by atoms with Gasteiger partial charge in [-0.05, 0) is 37.0 Å². The van der Waals surface area contributed by atoms with Gasteiger partial charge in [-0.2, -0.15) is 4.99 Å². The van der Waals surface area contributed by atoms with E-state index >= 15 is 0 Å². The van der Waals surface area contributed by atoms with E-state index in [-0.39, 0.29) is 18.0 Å². The molecule has 18 heavy (non-hydrogen) atoms. The third-order valence-electron chi connectivity index (χ3n) is 2.55. The Labute approximate surface area is 107 Å². The predicted octanol–water partition coefficient (Wildman–Crippen LogP) is 0.381. The van der Waals surface area contributed by atoms with Crippen molar-refractivity contribution in [1.82, 2.24) is 4.98 Å². The largest absolute Gasteiger partial charge is 0.370 e. The van der Waals surface area contributed by atoms with Gasteiger partial charge in [0.15, 0.2) is 5.96 Å². The summed E-state index contributed by atoms with van der Waals surface area (Å²) >= 11 is 0. The molecule has 6 nitrogen and oxygen atoms in total. The van der Waals surface area contributed by atoms with E-state index in [4.69, 9.17) is 17.2 Å². The summed E-state index contributed by atoms with van der Waals surface area (Å²) in [4.78, 5) is 12.0. The Kier molecular flexibility index (Phi) is 5.63. The molecule has 0 aliphatic carbocycles. The zero-order chi connectivity index (χ0) is 13.4. The summed E-state index contributed by atoms with van der Waals surface area (Å²) < 4.78 is 0. The molecule has 1 aromatic heterocycles. The Morgan fingerprint density at radius 1 is 1.28 bits per heavy atom. The Bertz CT molecular complexity index is 408. The first-order valence-corrected chi connectivity index (χ1v) is 5.93. The molecule has 1 heterocycles. The van der Waals surface area contributed by atoms with E-state index in [0.29, 0.717) is 0 Å². The van der Waals surface area contributed by atoms with E-state index in [0.717, 1.165) is 19.3 Å². The average molecular weight is 248 g/mol. The molecule has 6 N–H and O–H groups in total. The number of hydrogen-bond donors (Lipinski definition) is 3. The van der Waals surface area contributed by atoms with Crippen LogP contribution in [0.1, 0.15) is 25.3 Å². The number of pyridine rings is 1. The van der Waals surface area contributed by atoms with Gasteiger partial charge in [0.1, 0.15) is 0 Å². The maximum absolute atomic E-state index is 5.61. The number of guanidine groups is 2. The van der Waals surface area contributed by atoms with Gasteiger partial charge in [-0.15, -0.1) is 0 Å². The van der Waals surface area contributed by atoms with Crippen LogP contribution in [-0.4, -0.2) is 22.9 Å². The highest BCUT2D eigenvalue weighted by atomic mass is 15.1. The van der Waals surface area contributed by atoms with Crippen molar-refractivity contribution in [3.63, 3.8) is 0 Å². The van der Waals surface area contributed by atoms with Gasteiger partial charge in [0.25, 0.3) is 0 Å². The molecule has 1 atom stereocenters. The van der Waals surface area contributed by atoms with Crippen molar-refractivity contribution in [1.29, 1.82) is 0 Å². The molecule has 0 aromatic carbocycles. The lowest BCUT2D eigenvalue weighted by Crippen LogP contribution is -2.27. The molecule has 0 radical (unpaired) electrons. The second-order valence-corrected chi connectivity index (χ2v) is 3.98. The minimum absolute atomic E-state index is 0.0692. The smallest absolute Gasteiger partial charge is 0.218 e. The Balaban J connectivity index is 2.55. The van der Waals surface area contributed by atoms with Crippen molar-refractivity contribution in [2.24, 2.45) is 27.2 Å². The Morgan fingerprint density at radius 3 is 2.50 bits per heavy atom. The minimum atomic E-state index is -0.0692. The van der Waals surface area contributed by atoms with Crippen LogP contribution in [0.3, 0.4) is 0 Å². The fourth-order valence-electron chi connectivity index (χ4n) is 1.59. The van der Waals surface area contributed by atoms with Crippen molar-refractivity contribution in [2.45, 2.75) is 32.2 Å².